The molecule has 0 saturated carbocycles. The van der Waals surface area contributed by atoms with Crippen LogP contribution in [0.15, 0.2) is 18.2 Å². The van der Waals surface area contributed by atoms with Gasteiger partial charge in [0, 0.05) is 41.4 Å². The van der Waals surface area contributed by atoms with Gasteiger partial charge in [-0.25, -0.2) is 0 Å². The van der Waals surface area contributed by atoms with Crippen molar-refractivity contribution in [1.82, 2.24) is 4.90 Å². The van der Waals surface area contributed by atoms with Gasteiger partial charge in [-0.05, 0) is 17.7 Å². The maximum Gasteiger partial charge on any atom is 0.248 e. The predicted molar refractivity (Wildman–Crippen MR) is 81.2 cm³/mol. The van der Waals surface area contributed by atoms with Gasteiger partial charge in [0.25, 0.3) is 0 Å². The number of primary amides is 1. The number of hydrogen-bond donors (Lipinski definition) is 2. The molecule has 1 amide bonds. The Morgan fingerprint density at radius 3 is 2.53 bits per heavy atom. The molecule has 1 aromatic carbocycles. The van der Waals surface area contributed by atoms with Gasteiger partial charge >= 0.3 is 0 Å². The number of nitrogens with zero attached hydrogens (tertiary/aromatic N) is 1. The van der Waals surface area contributed by atoms with E-state index in [0.29, 0.717) is 21.8 Å². The molecule has 1 aliphatic rings. The molecule has 1 fully saturated rings. The summed E-state index contributed by atoms with van der Waals surface area (Å²) in [4.78, 5) is 13.5. The second-order valence-corrected chi connectivity index (χ2v) is 7.11. The van der Waals surface area contributed by atoms with Crippen LogP contribution in [0.25, 0.3) is 0 Å². The molecule has 4 nitrogen and oxygen atoms in total. The quantitative estimate of drug-likeness (QED) is 0.826. The molecule has 5 heteroatoms. The van der Waals surface area contributed by atoms with Crippen LogP contribution >= 0.6 is 11.8 Å². The summed E-state index contributed by atoms with van der Waals surface area (Å²) >= 11 is 2.03. The average Bonchev–Trinajstić information content (AvgIpc) is 2.30. The van der Waals surface area contributed by atoms with Crippen molar-refractivity contribution in [2.75, 3.05) is 18.8 Å². The van der Waals surface area contributed by atoms with E-state index < -0.39 is 5.91 Å². The van der Waals surface area contributed by atoms with E-state index in [1.807, 2.05) is 17.8 Å². The zero-order chi connectivity index (χ0) is 14.0. The van der Waals surface area contributed by atoms with Crippen LogP contribution in [0.5, 0.6) is 0 Å². The summed E-state index contributed by atoms with van der Waals surface area (Å²) < 4.78 is 0. The van der Waals surface area contributed by atoms with Crippen LogP contribution in [-0.4, -0.2) is 34.4 Å². The molecule has 0 aromatic heterocycles. The molecule has 2 atom stereocenters. The Hall–Kier alpha value is -1.20. The maximum atomic E-state index is 11.1. The standard InChI is InChI=1S/C14H21N3OS/c1-9-6-17(7-10(2)19-9)8-12-4-3-11(14(16)18)5-13(12)15/h3-5,9-10H,6-8,15H2,1-2H3,(H2,16,18). The van der Waals surface area contributed by atoms with Gasteiger partial charge in [0.2, 0.25) is 5.91 Å². The van der Waals surface area contributed by atoms with Gasteiger partial charge in [0.05, 0.1) is 0 Å². The lowest BCUT2D eigenvalue weighted by molar-refractivity contribution is 0.100. The third kappa shape index (κ3) is 3.64. The monoisotopic (exact) mass is 279 g/mol. The molecule has 0 bridgehead atoms. The van der Waals surface area contributed by atoms with E-state index in [9.17, 15) is 4.79 Å². The molecule has 2 rings (SSSR count). The van der Waals surface area contributed by atoms with Gasteiger partial charge in [-0.1, -0.05) is 19.9 Å². The van der Waals surface area contributed by atoms with Gasteiger partial charge in [0.15, 0.2) is 0 Å². The number of rotatable bonds is 3. The molecule has 1 heterocycles. The fourth-order valence-corrected chi connectivity index (χ4v) is 3.93. The summed E-state index contributed by atoms with van der Waals surface area (Å²) in [6.07, 6.45) is 0. The van der Waals surface area contributed by atoms with Crippen LogP contribution in [-0.2, 0) is 6.54 Å². The summed E-state index contributed by atoms with van der Waals surface area (Å²) in [5.74, 6) is -0.435. The van der Waals surface area contributed by atoms with E-state index >= 15 is 0 Å². The first-order valence-electron chi connectivity index (χ1n) is 6.51. The van der Waals surface area contributed by atoms with Crippen molar-refractivity contribution in [2.45, 2.75) is 30.9 Å². The lowest BCUT2D eigenvalue weighted by atomic mass is 10.1. The number of amides is 1. The highest BCUT2D eigenvalue weighted by atomic mass is 32.2. The summed E-state index contributed by atoms with van der Waals surface area (Å²) in [5, 5.41) is 1.30. The lowest BCUT2D eigenvalue weighted by Gasteiger charge is -2.34. The highest BCUT2D eigenvalue weighted by molar-refractivity contribution is 8.00. The number of carbonyl (C=O) groups is 1. The first-order valence-corrected chi connectivity index (χ1v) is 7.46. The molecule has 0 spiro atoms. The normalized spacial score (nSPS) is 24.3. The largest absolute Gasteiger partial charge is 0.398 e. The van der Waals surface area contributed by atoms with Crippen molar-refractivity contribution in [3.63, 3.8) is 0 Å². The zero-order valence-electron chi connectivity index (χ0n) is 11.4. The molecular formula is C14H21N3OS. The van der Waals surface area contributed by atoms with Crippen LogP contribution in [0.1, 0.15) is 29.8 Å². The number of thioether (sulfide) groups is 1. The highest BCUT2D eigenvalue weighted by Crippen LogP contribution is 2.26. The Bertz CT molecular complexity index is 468. The molecule has 2 unspecified atom stereocenters. The first kappa shape index (κ1) is 14.2. The zero-order valence-corrected chi connectivity index (χ0v) is 12.2. The van der Waals surface area contributed by atoms with E-state index in [2.05, 4.69) is 18.7 Å². The highest BCUT2D eigenvalue weighted by Gasteiger charge is 2.22. The van der Waals surface area contributed by atoms with Gasteiger partial charge in [-0.2, -0.15) is 11.8 Å². The minimum absolute atomic E-state index is 0.435. The second kappa shape index (κ2) is 5.84. The number of hydrogen-bond acceptors (Lipinski definition) is 4. The Kier molecular flexibility index (Phi) is 4.37. The van der Waals surface area contributed by atoms with Gasteiger partial charge in [0.1, 0.15) is 0 Å². The minimum Gasteiger partial charge on any atom is -0.398 e. The number of nitrogen functional groups attached to an aromatic ring is 1. The molecule has 0 radical (unpaired) electrons. The van der Waals surface area contributed by atoms with Crippen LogP contribution < -0.4 is 11.5 Å². The Balaban J connectivity index is 2.08. The van der Waals surface area contributed by atoms with Crippen molar-refractivity contribution in [3.8, 4) is 0 Å². The minimum atomic E-state index is -0.435. The molecule has 1 aromatic rings. The fourth-order valence-electron chi connectivity index (χ4n) is 2.55. The number of benzene rings is 1. The summed E-state index contributed by atoms with van der Waals surface area (Å²) in [6.45, 7) is 7.50. The van der Waals surface area contributed by atoms with E-state index in [1.54, 1.807) is 12.1 Å². The molecule has 1 aliphatic heterocycles. The summed E-state index contributed by atoms with van der Waals surface area (Å²) in [5.41, 5.74) is 13.4. The first-order chi connectivity index (χ1) is 8.95. The number of carbonyl (C=O) groups excluding carboxylic acids is 1. The Labute approximate surface area is 118 Å². The van der Waals surface area contributed by atoms with Crippen LogP contribution in [0.3, 0.4) is 0 Å². The average molecular weight is 279 g/mol. The van der Waals surface area contributed by atoms with Gasteiger partial charge < -0.3 is 11.5 Å². The molecule has 4 N–H and O–H groups in total. The molecule has 19 heavy (non-hydrogen) atoms. The smallest absolute Gasteiger partial charge is 0.248 e. The van der Waals surface area contributed by atoms with Crippen molar-refractivity contribution in [1.29, 1.82) is 0 Å². The lowest BCUT2D eigenvalue weighted by Crippen LogP contribution is -2.39. The van der Waals surface area contributed by atoms with Crippen molar-refractivity contribution >= 4 is 23.4 Å². The SMILES string of the molecule is CC1CN(Cc2ccc(C(N)=O)cc2N)CC(C)S1. The predicted octanol–water partition coefficient (Wildman–Crippen LogP) is 1.69. The van der Waals surface area contributed by atoms with E-state index in [-0.39, 0.29) is 0 Å². The maximum absolute atomic E-state index is 11.1. The van der Waals surface area contributed by atoms with Crippen molar-refractivity contribution < 1.29 is 4.79 Å². The third-order valence-electron chi connectivity index (χ3n) is 3.32. The fraction of sp³-hybridized carbons (Fsp3) is 0.500. The van der Waals surface area contributed by atoms with Crippen molar-refractivity contribution in [2.24, 2.45) is 5.73 Å². The third-order valence-corrected chi connectivity index (χ3v) is 4.55. The molecule has 104 valence electrons. The topological polar surface area (TPSA) is 72.3 Å². The second-order valence-electron chi connectivity index (χ2n) is 5.23. The number of anilines is 1. The van der Waals surface area contributed by atoms with Crippen LogP contribution in [0.4, 0.5) is 5.69 Å². The Morgan fingerprint density at radius 1 is 1.37 bits per heavy atom. The van der Waals surface area contributed by atoms with Crippen LogP contribution in [0, 0.1) is 0 Å². The number of nitrogens with two attached hydrogens (primary N) is 2. The van der Waals surface area contributed by atoms with E-state index in [0.717, 1.165) is 25.2 Å². The van der Waals surface area contributed by atoms with Gasteiger partial charge in [-0.3, -0.25) is 9.69 Å². The summed E-state index contributed by atoms with van der Waals surface area (Å²) in [7, 11) is 0. The van der Waals surface area contributed by atoms with Crippen LogP contribution in [0.2, 0.25) is 0 Å². The molecule has 0 aliphatic carbocycles. The van der Waals surface area contributed by atoms with Crippen molar-refractivity contribution in [3.05, 3.63) is 29.3 Å². The molecular weight excluding hydrogens is 258 g/mol. The van der Waals surface area contributed by atoms with Gasteiger partial charge in [-0.15, -0.1) is 0 Å². The Morgan fingerprint density at radius 2 is 2.00 bits per heavy atom. The summed E-state index contributed by atoms with van der Waals surface area (Å²) in [6, 6.07) is 5.33. The molecule has 1 saturated heterocycles. The van der Waals surface area contributed by atoms with E-state index in [1.165, 1.54) is 0 Å². The van der Waals surface area contributed by atoms with E-state index in [4.69, 9.17) is 11.5 Å².